The molecule has 32 heavy (non-hydrogen) atoms. The molecule has 4 nitrogen and oxygen atoms in total. The standard InChI is InChI=1S/C23H21F3N4S2/c1-2-31-20-9-17(16-7-5-15(6-8-16)14-3-4-14)11-29-22(20)30-13-18-12-28-21(10-19(18)27)32-23(24,25)26/h5-14H,2-4H2,1H3,(H2,27,28)/b30-13+. The second-order valence-electron chi connectivity index (χ2n) is 7.33. The Bertz CT molecular complexity index is 1130. The number of alkyl halides is 3. The number of hydrogen-bond acceptors (Lipinski definition) is 6. The summed E-state index contributed by atoms with van der Waals surface area (Å²) in [6.45, 7) is 2.05. The van der Waals surface area contributed by atoms with Crippen LogP contribution < -0.4 is 5.73 Å². The van der Waals surface area contributed by atoms with Crippen LogP contribution in [0, 0.1) is 0 Å². The molecule has 0 amide bonds. The minimum absolute atomic E-state index is 0.174. The first-order valence-corrected chi connectivity index (χ1v) is 11.9. The number of anilines is 1. The van der Waals surface area contributed by atoms with Crippen LogP contribution in [0.2, 0.25) is 0 Å². The lowest BCUT2D eigenvalue weighted by Crippen LogP contribution is -2.02. The number of benzene rings is 1. The van der Waals surface area contributed by atoms with Crippen molar-refractivity contribution in [2.24, 2.45) is 4.99 Å². The van der Waals surface area contributed by atoms with E-state index in [9.17, 15) is 13.2 Å². The van der Waals surface area contributed by atoms with Crippen LogP contribution in [0.3, 0.4) is 0 Å². The Labute approximate surface area is 193 Å². The molecule has 1 saturated carbocycles. The number of nitrogen functional groups attached to an aromatic ring is 1. The quantitative estimate of drug-likeness (QED) is 0.293. The number of thioether (sulfide) groups is 2. The fraction of sp³-hybridized carbons (Fsp3) is 0.261. The highest BCUT2D eigenvalue weighted by Gasteiger charge is 2.30. The summed E-state index contributed by atoms with van der Waals surface area (Å²) in [6.07, 6.45) is 7.10. The van der Waals surface area contributed by atoms with Gasteiger partial charge in [0.15, 0.2) is 5.82 Å². The molecule has 2 aromatic heterocycles. The Morgan fingerprint density at radius 2 is 1.84 bits per heavy atom. The topological polar surface area (TPSA) is 64.2 Å². The summed E-state index contributed by atoms with van der Waals surface area (Å²) in [4.78, 5) is 13.7. The predicted molar refractivity (Wildman–Crippen MR) is 126 cm³/mol. The van der Waals surface area contributed by atoms with Crippen molar-refractivity contribution in [2.45, 2.75) is 41.1 Å². The Balaban J connectivity index is 1.55. The zero-order chi connectivity index (χ0) is 22.7. The van der Waals surface area contributed by atoms with Crippen LogP contribution in [0.4, 0.5) is 24.7 Å². The lowest BCUT2D eigenvalue weighted by molar-refractivity contribution is -0.0329. The average molecular weight is 475 g/mol. The SMILES string of the molecule is CCSc1cc(-c2ccc(C3CC3)cc2)cnc1/N=C/c1cnc(SC(F)(F)F)cc1N. The highest BCUT2D eigenvalue weighted by atomic mass is 32.2. The second kappa shape index (κ2) is 9.54. The van der Waals surface area contributed by atoms with E-state index in [0.717, 1.165) is 21.8 Å². The van der Waals surface area contributed by atoms with Gasteiger partial charge in [0.1, 0.15) is 5.03 Å². The number of nitrogens with zero attached hydrogens (tertiary/aromatic N) is 3. The van der Waals surface area contributed by atoms with Crippen molar-refractivity contribution in [3.05, 3.63) is 59.9 Å². The smallest absolute Gasteiger partial charge is 0.398 e. The Hall–Kier alpha value is -2.52. The van der Waals surface area contributed by atoms with Gasteiger partial charge in [-0.15, -0.1) is 11.8 Å². The van der Waals surface area contributed by atoms with E-state index in [4.69, 9.17) is 5.73 Å². The Kier molecular flexibility index (Phi) is 6.76. The van der Waals surface area contributed by atoms with Gasteiger partial charge in [-0.05, 0) is 47.8 Å². The minimum atomic E-state index is -4.41. The summed E-state index contributed by atoms with van der Waals surface area (Å²) >= 11 is 1.33. The molecule has 4 rings (SSSR count). The Morgan fingerprint density at radius 1 is 1.09 bits per heavy atom. The molecule has 166 valence electrons. The first-order chi connectivity index (χ1) is 15.3. The molecule has 0 bridgehead atoms. The molecule has 0 aliphatic heterocycles. The molecule has 1 aliphatic carbocycles. The number of nitrogens with two attached hydrogens (primary N) is 1. The average Bonchev–Trinajstić information content (AvgIpc) is 3.58. The molecule has 0 unspecified atom stereocenters. The molecule has 1 aliphatic rings. The van der Waals surface area contributed by atoms with Gasteiger partial charge in [0, 0.05) is 47.2 Å². The predicted octanol–water partition coefficient (Wildman–Crippen LogP) is 7.08. The molecule has 0 saturated heterocycles. The van der Waals surface area contributed by atoms with Gasteiger partial charge in [0.25, 0.3) is 0 Å². The van der Waals surface area contributed by atoms with E-state index >= 15 is 0 Å². The molecular weight excluding hydrogens is 453 g/mol. The van der Waals surface area contributed by atoms with E-state index in [1.807, 2.05) is 6.92 Å². The van der Waals surface area contributed by atoms with Crippen LogP contribution in [-0.2, 0) is 0 Å². The van der Waals surface area contributed by atoms with Gasteiger partial charge in [-0.25, -0.2) is 15.0 Å². The molecule has 2 heterocycles. The second-order valence-corrected chi connectivity index (χ2v) is 9.72. The van der Waals surface area contributed by atoms with Crippen molar-refractivity contribution in [3.8, 4) is 11.1 Å². The molecule has 1 fully saturated rings. The van der Waals surface area contributed by atoms with Crippen LogP contribution in [-0.4, -0.2) is 27.4 Å². The summed E-state index contributed by atoms with van der Waals surface area (Å²) in [5.41, 5.74) is 5.60. The van der Waals surface area contributed by atoms with Gasteiger partial charge in [0.05, 0.1) is 4.90 Å². The summed E-state index contributed by atoms with van der Waals surface area (Å²) in [6, 6.07) is 11.9. The van der Waals surface area contributed by atoms with E-state index in [1.165, 1.54) is 36.9 Å². The number of rotatable bonds is 7. The molecular formula is C23H21F3N4S2. The number of aliphatic imine (C=N–C) groups is 1. The fourth-order valence-corrected chi connectivity index (χ4v) is 4.48. The van der Waals surface area contributed by atoms with Crippen molar-refractivity contribution < 1.29 is 13.2 Å². The van der Waals surface area contributed by atoms with Gasteiger partial charge >= 0.3 is 5.51 Å². The minimum Gasteiger partial charge on any atom is -0.398 e. The number of aromatic nitrogens is 2. The lowest BCUT2D eigenvalue weighted by atomic mass is 10.0. The maximum Gasteiger partial charge on any atom is 0.447 e. The van der Waals surface area contributed by atoms with E-state index in [1.54, 1.807) is 18.0 Å². The first-order valence-electron chi connectivity index (χ1n) is 10.1. The zero-order valence-corrected chi connectivity index (χ0v) is 18.9. The summed E-state index contributed by atoms with van der Waals surface area (Å²) in [7, 11) is 0. The fourth-order valence-electron chi connectivity index (χ4n) is 3.19. The number of hydrogen-bond donors (Lipinski definition) is 1. The van der Waals surface area contributed by atoms with Crippen LogP contribution in [0.1, 0.15) is 36.8 Å². The Morgan fingerprint density at radius 3 is 2.47 bits per heavy atom. The zero-order valence-electron chi connectivity index (χ0n) is 17.3. The van der Waals surface area contributed by atoms with Crippen LogP contribution in [0.5, 0.6) is 0 Å². The number of halogens is 3. The maximum atomic E-state index is 12.5. The van der Waals surface area contributed by atoms with Crippen molar-refractivity contribution in [3.63, 3.8) is 0 Å². The van der Waals surface area contributed by atoms with Crippen molar-refractivity contribution in [1.82, 2.24) is 9.97 Å². The summed E-state index contributed by atoms with van der Waals surface area (Å²) in [5, 5.41) is -0.204. The van der Waals surface area contributed by atoms with Gasteiger partial charge in [0.2, 0.25) is 0 Å². The van der Waals surface area contributed by atoms with Crippen LogP contribution >= 0.6 is 23.5 Å². The van der Waals surface area contributed by atoms with E-state index in [2.05, 4.69) is 45.3 Å². The molecule has 3 aromatic rings. The van der Waals surface area contributed by atoms with E-state index < -0.39 is 5.51 Å². The monoisotopic (exact) mass is 474 g/mol. The van der Waals surface area contributed by atoms with Crippen molar-refractivity contribution in [1.29, 1.82) is 0 Å². The normalized spacial score (nSPS) is 14.2. The van der Waals surface area contributed by atoms with Gasteiger partial charge < -0.3 is 5.73 Å². The molecule has 2 N–H and O–H groups in total. The molecule has 0 spiro atoms. The van der Waals surface area contributed by atoms with Gasteiger partial charge in [-0.2, -0.15) is 13.2 Å². The number of pyridine rings is 2. The third-order valence-electron chi connectivity index (χ3n) is 4.91. The highest BCUT2D eigenvalue weighted by Crippen LogP contribution is 2.41. The molecule has 0 atom stereocenters. The molecule has 0 radical (unpaired) electrons. The first kappa shape index (κ1) is 22.7. The van der Waals surface area contributed by atoms with Crippen LogP contribution in [0.25, 0.3) is 11.1 Å². The van der Waals surface area contributed by atoms with Gasteiger partial charge in [-0.1, -0.05) is 31.2 Å². The molecule has 1 aromatic carbocycles. The van der Waals surface area contributed by atoms with E-state index in [0.29, 0.717) is 17.3 Å². The van der Waals surface area contributed by atoms with Gasteiger partial charge in [-0.3, -0.25) is 0 Å². The summed E-state index contributed by atoms with van der Waals surface area (Å²) < 4.78 is 37.6. The largest absolute Gasteiger partial charge is 0.447 e. The third-order valence-corrected chi connectivity index (χ3v) is 6.48. The summed E-state index contributed by atoms with van der Waals surface area (Å²) in [5.74, 6) is 2.10. The van der Waals surface area contributed by atoms with Crippen LogP contribution in [0.15, 0.2) is 63.7 Å². The van der Waals surface area contributed by atoms with Crippen molar-refractivity contribution >= 4 is 41.2 Å². The lowest BCUT2D eigenvalue weighted by Gasteiger charge is -2.09. The van der Waals surface area contributed by atoms with Crippen molar-refractivity contribution in [2.75, 3.05) is 11.5 Å². The van der Waals surface area contributed by atoms with E-state index in [-0.39, 0.29) is 22.5 Å². The molecule has 9 heteroatoms. The highest BCUT2D eigenvalue weighted by molar-refractivity contribution is 8.00. The maximum absolute atomic E-state index is 12.5. The third kappa shape index (κ3) is 5.83.